The van der Waals surface area contributed by atoms with Crippen LogP contribution in [-0.2, 0) is 14.3 Å². The summed E-state index contributed by atoms with van der Waals surface area (Å²) in [6, 6.07) is 0. The molecule has 3 nitrogen and oxygen atoms in total. The highest BCUT2D eigenvalue weighted by Gasteiger charge is 2.50. The smallest absolute Gasteiger partial charge is 0.334 e. The highest BCUT2D eigenvalue weighted by atomic mass is 16.5. The molecule has 0 N–H and O–H groups in total. The Balaban J connectivity index is 2.02. The first-order valence-corrected chi connectivity index (χ1v) is 6.56. The second kappa shape index (κ2) is 3.56. The standard InChI is InChI=1S/C15H18O3/c1-8-10-6-11-9(2)12(16)4-5-15(11,3)7-13(10)18-14(8)17/h4-5,9,11,13H,6-7H2,1-3H3/t9-,11-,13+,15-/m1/s1. The van der Waals surface area contributed by atoms with E-state index in [2.05, 4.69) is 6.92 Å². The molecule has 0 unspecified atom stereocenters. The van der Waals surface area contributed by atoms with Crippen molar-refractivity contribution in [2.24, 2.45) is 17.3 Å². The summed E-state index contributed by atoms with van der Waals surface area (Å²) in [5, 5.41) is 0. The summed E-state index contributed by atoms with van der Waals surface area (Å²) in [6.07, 6.45) is 5.29. The largest absolute Gasteiger partial charge is 0.454 e. The molecule has 0 saturated heterocycles. The maximum atomic E-state index is 11.8. The second-order valence-corrected chi connectivity index (χ2v) is 6.09. The second-order valence-electron chi connectivity index (χ2n) is 6.09. The van der Waals surface area contributed by atoms with E-state index in [0.717, 1.165) is 24.0 Å². The van der Waals surface area contributed by atoms with E-state index < -0.39 is 0 Å². The zero-order valence-electron chi connectivity index (χ0n) is 11.0. The molecule has 1 aliphatic heterocycles. The number of allylic oxidation sites excluding steroid dienone is 2. The lowest BCUT2D eigenvalue weighted by Gasteiger charge is -2.46. The highest BCUT2D eigenvalue weighted by Crippen LogP contribution is 2.52. The molecule has 1 fully saturated rings. The van der Waals surface area contributed by atoms with Gasteiger partial charge < -0.3 is 4.74 Å². The van der Waals surface area contributed by atoms with Crippen LogP contribution in [0.3, 0.4) is 0 Å². The topological polar surface area (TPSA) is 43.4 Å². The molecular weight excluding hydrogens is 228 g/mol. The molecule has 3 aliphatic rings. The van der Waals surface area contributed by atoms with Gasteiger partial charge in [0.2, 0.25) is 0 Å². The third kappa shape index (κ3) is 1.43. The van der Waals surface area contributed by atoms with Gasteiger partial charge in [0.15, 0.2) is 5.78 Å². The van der Waals surface area contributed by atoms with Crippen molar-refractivity contribution in [1.29, 1.82) is 0 Å². The van der Waals surface area contributed by atoms with Crippen LogP contribution in [0.15, 0.2) is 23.3 Å². The summed E-state index contributed by atoms with van der Waals surface area (Å²) in [7, 11) is 0. The van der Waals surface area contributed by atoms with Gasteiger partial charge in [0.05, 0.1) is 0 Å². The summed E-state index contributed by atoms with van der Waals surface area (Å²) < 4.78 is 5.42. The first-order chi connectivity index (χ1) is 8.42. The van der Waals surface area contributed by atoms with Crippen molar-refractivity contribution in [3.63, 3.8) is 0 Å². The van der Waals surface area contributed by atoms with E-state index in [4.69, 9.17) is 4.74 Å². The van der Waals surface area contributed by atoms with Crippen molar-refractivity contribution in [2.45, 2.75) is 39.7 Å². The summed E-state index contributed by atoms with van der Waals surface area (Å²) in [5.41, 5.74) is 1.86. The van der Waals surface area contributed by atoms with Crippen LogP contribution in [0, 0.1) is 17.3 Å². The average molecular weight is 246 g/mol. The predicted octanol–water partition coefficient (Wildman–Crippen LogP) is 2.42. The zero-order chi connectivity index (χ0) is 13.1. The first kappa shape index (κ1) is 11.7. The SMILES string of the molecule is CC1=C2C[C@@H]3[C@@H](C)C(=O)C=C[C@]3(C)C[C@@H]2OC1=O. The van der Waals surface area contributed by atoms with Crippen LogP contribution >= 0.6 is 0 Å². The Morgan fingerprint density at radius 3 is 2.83 bits per heavy atom. The van der Waals surface area contributed by atoms with Crippen molar-refractivity contribution in [3.8, 4) is 0 Å². The van der Waals surface area contributed by atoms with Crippen molar-refractivity contribution in [1.82, 2.24) is 0 Å². The van der Waals surface area contributed by atoms with Gasteiger partial charge in [0.25, 0.3) is 0 Å². The summed E-state index contributed by atoms with van der Waals surface area (Å²) >= 11 is 0. The van der Waals surface area contributed by atoms with Crippen molar-refractivity contribution in [2.75, 3.05) is 0 Å². The average Bonchev–Trinajstić information content (AvgIpc) is 2.58. The van der Waals surface area contributed by atoms with Gasteiger partial charge in [-0.1, -0.05) is 19.9 Å². The number of carbonyl (C=O) groups is 2. The maximum absolute atomic E-state index is 11.8. The Labute approximate surface area is 107 Å². The van der Waals surface area contributed by atoms with E-state index in [0.29, 0.717) is 5.92 Å². The van der Waals surface area contributed by atoms with E-state index in [1.807, 2.05) is 19.9 Å². The molecule has 1 saturated carbocycles. The molecule has 0 aromatic rings. The van der Waals surface area contributed by atoms with Crippen LogP contribution in [-0.4, -0.2) is 17.9 Å². The summed E-state index contributed by atoms with van der Waals surface area (Å²) in [4.78, 5) is 23.5. The minimum absolute atomic E-state index is 0.0214. The number of carbonyl (C=O) groups excluding carboxylic acids is 2. The number of hydrogen-bond acceptors (Lipinski definition) is 3. The third-order valence-corrected chi connectivity index (χ3v) is 5.02. The molecule has 1 heterocycles. The highest BCUT2D eigenvalue weighted by molar-refractivity contribution is 5.94. The molecule has 2 aliphatic carbocycles. The molecular formula is C15H18O3. The maximum Gasteiger partial charge on any atom is 0.334 e. The molecule has 0 radical (unpaired) electrons. The minimum atomic E-state index is -0.180. The lowest BCUT2D eigenvalue weighted by Crippen LogP contribution is -2.44. The molecule has 0 bridgehead atoms. The first-order valence-electron chi connectivity index (χ1n) is 6.56. The molecule has 0 spiro atoms. The number of ketones is 1. The van der Waals surface area contributed by atoms with Gasteiger partial charge in [-0.05, 0) is 42.7 Å². The number of hydrogen-bond donors (Lipinski definition) is 0. The van der Waals surface area contributed by atoms with Crippen LogP contribution < -0.4 is 0 Å². The van der Waals surface area contributed by atoms with E-state index in [1.165, 1.54) is 0 Å². The summed E-state index contributed by atoms with van der Waals surface area (Å²) in [6.45, 7) is 6.02. The molecule has 0 aromatic heterocycles. The van der Waals surface area contributed by atoms with E-state index in [1.54, 1.807) is 6.08 Å². The quantitative estimate of drug-likeness (QED) is 0.616. The van der Waals surface area contributed by atoms with Gasteiger partial charge in [0.1, 0.15) is 6.10 Å². The van der Waals surface area contributed by atoms with E-state index >= 15 is 0 Å². The Morgan fingerprint density at radius 1 is 1.39 bits per heavy atom. The molecule has 96 valence electrons. The van der Waals surface area contributed by atoms with Gasteiger partial charge >= 0.3 is 5.97 Å². The Morgan fingerprint density at radius 2 is 2.11 bits per heavy atom. The molecule has 3 rings (SSSR count). The minimum Gasteiger partial charge on any atom is -0.454 e. The molecule has 0 aromatic carbocycles. The third-order valence-electron chi connectivity index (χ3n) is 5.02. The van der Waals surface area contributed by atoms with Gasteiger partial charge in [-0.3, -0.25) is 4.79 Å². The van der Waals surface area contributed by atoms with E-state index in [9.17, 15) is 9.59 Å². The molecule has 18 heavy (non-hydrogen) atoms. The van der Waals surface area contributed by atoms with E-state index in [-0.39, 0.29) is 29.2 Å². The Bertz CT molecular complexity index is 500. The fourth-order valence-electron chi connectivity index (χ4n) is 3.69. The fourth-order valence-corrected chi connectivity index (χ4v) is 3.69. The van der Waals surface area contributed by atoms with Gasteiger partial charge in [0, 0.05) is 11.5 Å². The van der Waals surface area contributed by atoms with Crippen LogP contribution in [0.25, 0.3) is 0 Å². The monoisotopic (exact) mass is 246 g/mol. The Hall–Kier alpha value is -1.38. The van der Waals surface area contributed by atoms with Crippen LogP contribution in [0.5, 0.6) is 0 Å². The lowest BCUT2D eigenvalue weighted by atomic mass is 9.58. The van der Waals surface area contributed by atoms with Crippen molar-refractivity contribution >= 4 is 11.8 Å². The summed E-state index contributed by atoms with van der Waals surface area (Å²) in [5.74, 6) is 0.363. The normalized spacial score (nSPS) is 42.7. The van der Waals surface area contributed by atoms with Crippen LogP contribution in [0.1, 0.15) is 33.6 Å². The zero-order valence-corrected chi connectivity index (χ0v) is 11.0. The van der Waals surface area contributed by atoms with Crippen molar-refractivity contribution in [3.05, 3.63) is 23.3 Å². The fraction of sp³-hybridized carbons (Fsp3) is 0.600. The van der Waals surface area contributed by atoms with Gasteiger partial charge in [-0.25, -0.2) is 4.79 Å². The van der Waals surface area contributed by atoms with Crippen molar-refractivity contribution < 1.29 is 14.3 Å². The number of ether oxygens (including phenoxy) is 1. The Kier molecular flexibility index (Phi) is 2.31. The number of fused-ring (bicyclic) bond motifs is 2. The predicted molar refractivity (Wildman–Crippen MR) is 66.7 cm³/mol. The van der Waals surface area contributed by atoms with Gasteiger partial charge in [-0.2, -0.15) is 0 Å². The molecule has 3 heteroatoms. The van der Waals surface area contributed by atoms with Crippen LogP contribution in [0.2, 0.25) is 0 Å². The van der Waals surface area contributed by atoms with Crippen LogP contribution in [0.4, 0.5) is 0 Å². The molecule has 0 amide bonds. The van der Waals surface area contributed by atoms with Gasteiger partial charge in [-0.15, -0.1) is 0 Å². The number of rotatable bonds is 0. The number of esters is 1. The lowest BCUT2D eigenvalue weighted by molar-refractivity contribution is -0.142. The molecule has 4 atom stereocenters.